The summed E-state index contributed by atoms with van der Waals surface area (Å²) < 4.78 is 7.96. The number of carbonyl (C=O) groups is 1. The van der Waals surface area contributed by atoms with Crippen LogP contribution in [0.1, 0.15) is 35.7 Å². The standard InChI is InChI=1S/C21H23N5O3/c27-17-13-25(21(28)20-24-23-19-5-1-2-10-26(19)20)11-8-18(17)29-15-6-7-16-14(12-15)4-3-9-22-16/h3-4,6-7,9,12,17-18,27H,1-2,5,8,10-11,13H2/t17-,18-/m1/s1. The monoisotopic (exact) mass is 393 g/mol. The molecule has 2 aromatic heterocycles. The molecule has 0 bridgehead atoms. The van der Waals surface area contributed by atoms with E-state index in [1.165, 1.54) is 0 Å². The van der Waals surface area contributed by atoms with Crippen molar-refractivity contribution in [3.8, 4) is 5.75 Å². The van der Waals surface area contributed by atoms with Crippen molar-refractivity contribution >= 4 is 16.8 Å². The van der Waals surface area contributed by atoms with Gasteiger partial charge in [0.1, 0.15) is 23.8 Å². The fourth-order valence-corrected chi connectivity index (χ4v) is 4.14. The number of carbonyl (C=O) groups excluding carboxylic acids is 1. The smallest absolute Gasteiger partial charge is 0.291 e. The van der Waals surface area contributed by atoms with Gasteiger partial charge < -0.3 is 19.3 Å². The third kappa shape index (κ3) is 3.44. The molecule has 150 valence electrons. The number of ether oxygens (including phenoxy) is 1. The maximum Gasteiger partial charge on any atom is 0.291 e. The lowest BCUT2D eigenvalue weighted by Crippen LogP contribution is -2.51. The van der Waals surface area contributed by atoms with Crippen molar-refractivity contribution in [1.29, 1.82) is 0 Å². The van der Waals surface area contributed by atoms with Gasteiger partial charge in [-0.2, -0.15) is 0 Å². The van der Waals surface area contributed by atoms with Crippen LogP contribution in [0.15, 0.2) is 36.5 Å². The highest BCUT2D eigenvalue weighted by Crippen LogP contribution is 2.24. The van der Waals surface area contributed by atoms with Crippen LogP contribution in [-0.4, -0.2) is 61.0 Å². The molecule has 2 aliphatic rings. The van der Waals surface area contributed by atoms with Crippen LogP contribution in [0.25, 0.3) is 10.9 Å². The molecule has 1 aromatic carbocycles. The second-order valence-electron chi connectivity index (χ2n) is 7.67. The van der Waals surface area contributed by atoms with Crippen LogP contribution in [0.4, 0.5) is 0 Å². The van der Waals surface area contributed by atoms with Crippen molar-refractivity contribution in [2.24, 2.45) is 0 Å². The normalized spacial score (nSPS) is 21.8. The largest absolute Gasteiger partial charge is 0.488 e. The van der Waals surface area contributed by atoms with Gasteiger partial charge in [-0.1, -0.05) is 6.07 Å². The minimum absolute atomic E-state index is 0.167. The molecule has 2 aliphatic heterocycles. The van der Waals surface area contributed by atoms with Gasteiger partial charge >= 0.3 is 0 Å². The van der Waals surface area contributed by atoms with Gasteiger partial charge in [0.2, 0.25) is 5.82 Å². The van der Waals surface area contributed by atoms with Crippen molar-refractivity contribution < 1.29 is 14.6 Å². The molecular weight excluding hydrogens is 370 g/mol. The number of benzene rings is 1. The number of likely N-dealkylation sites (tertiary alicyclic amines) is 1. The molecule has 5 rings (SSSR count). The molecule has 1 amide bonds. The van der Waals surface area contributed by atoms with E-state index < -0.39 is 6.10 Å². The van der Waals surface area contributed by atoms with Crippen molar-refractivity contribution in [2.45, 2.75) is 44.4 Å². The Morgan fingerprint density at radius 1 is 1.17 bits per heavy atom. The number of fused-ring (bicyclic) bond motifs is 2. The summed E-state index contributed by atoms with van der Waals surface area (Å²) in [5, 5.41) is 19.9. The maximum atomic E-state index is 12.9. The number of hydrogen-bond donors (Lipinski definition) is 1. The average Bonchev–Trinajstić information content (AvgIpc) is 3.19. The van der Waals surface area contributed by atoms with Crippen LogP contribution >= 0.6 is 0 Å². The van der Waals surface area contributed by atoms with Gasteiger partial charge in [0, 0.05) is 37.5 Å². The van der Waals surface area contributed by atoms with Crippen LogP contribution < -0.4 is 4.74 Å². The number of aliphatic hydroxyl groups excluding tert-OH is 1. The summed E-state index contributed by atoms with van der Waals surface area (Å²) in [5.74, 6) is 1.79. The molecule has 0 saturated carbocycles. The van der Waals surface area contributed by atoms with Crippen LogP contribution in [0, 0.1) is 0 Å². The molecule has 0 spiro atoms. The van der Waals surface area contributed by atoms with Gasteiger partial charge in [-0.25, -0.2) is 0 Å². The minimum Gasteiger partial charge on any atom is -0.488 e. The van der Waals surface area contributed by atoms with Crippen LogP contribution in [0.5, 0.6) is 5.75 Å². The highest BCUT2D eigenvalue weighted by atomic mass is 16.5. The van der Waals surface area contributed by atoms with Crippen LogP contribution in [0.3, 0.4) is 0 Å². The molecule has 0 radical (unpaired) electrons. The lowest BCUT2D eigenvalue weighted by molar-refractivity contribution is -0.0203. The molecular formula is C21H23N5O3. The summed E-state index contributed by atoms with van der Waals surface area (Å²) in [4.78, 5) is 18.9. The van der Waals surface area contributed by atoms with E-state index in [2.05, 4.69) is 15.2 Å². The number of amides is 1. The van der Waals surface area contributed by atoms with E-state index in [4.69, 9.17) is 4.74 Å². The van der Waals surface area contributed by atoms with Crippen LogP contribution in [-0.2, 0) is 13.0 Å². The van der Waals surface area contributed by atoms with Crippen molar-refractivity contribution in [3.05, 3.63) is 48.2 Å². The summed E-state index contributed by atoms with van der Waals surface area (Å²) in [6, 6.07) is 9.56. The molecule has 29 heavy (non-hydrogen) atoms. The summed E-state index contributed by atoms with van der Waals surface area (Å²) >= 11 is 0. The molecule has 1 N–H and O–H groups in total. The molecule has 3 aromatic rings. The topological polar surface area (TPSA) is 93.4 Å². The third-order valence-electron chi connectivity index (χ3n) is 5.72. The Hall–Kier alpha value is -3.00. The van der Waals surface area contributed by atoms with E-state index in [9.17, 15) is 9.90 Å². The van der Waals surface area contributed by atoms with Crippen molar-refractivity contribution in [2.75, 3.05) is 13.1 Å². The zero-order valence-corrected chi connectivity index (χ0v) is 16.1. The highest BCUT2D eigenvalue weighted by Gasteiger charge is 2.34. The first-order valence-electron chi connectivity index (χ1n) is 10.1. The van der Waals surface area contributed by atoms with E-state index in [0.29, 0.717) is 24.5 Å². The Kier molecular flexibility index (Phi) is 4.63. The molecule has 2 atom stereocenters. The summed E-state index contributed by atoms with van der Waals surface area (Å²) in [6.45, 7) is 1.51. The van der Waals surface area contributed by atoms with Gasteiger partial charge in [-0.05, 0) is 37.1 Å². The Balaban J connectivity index is 1.26. The van der Waals surface area contributed by atoms with Crippen molar-refractivity contribution in [1.82, 2.24) is 24.6 Å². The number of piperidine rings is 1. The van der Waals surface area contributed by atoms with Gasteiger partial charge in [-0.3, -0.25) is 9.78 Å². The fraction of sp³-hybridized carbons (Fsp3) is 0.429. The predicted octanol–water partition coefficient (Wildman–Crippen LogP) is 1.82. The predicted molar refractivity (Wildman–Crippen MR) is 106 cm³/mol. The Bertz CT molecular complexity index is 1050. The third-order valence-corrected chi connectivity index (χ3v) is 5.72. The number of hydrogen-bond acceptors (Lipinski definition) is 6. The first kappa shape index (κ1) is 18.1. The number of aryl methyl sites for hydroxylation is 1. The van der Waals surface area contributed by atoms with Gasteiger partial charge in [0.05, 0.1) is 12.1 Å². The van der Waals surface area contributed by atoms with E-state index >= 15 is 0 Å². The number of aliphatic hydroxyl groups is 1. The van der Waals surface area contributed by atoms with Gasteiger partial charge in [-0.15, -0.1) is 10.2 Å². The Morgan fingerprint density at radius 2 is 2.10 bits per heavy atom. The molecule has 1 fully saturated rings. The summed E-state index contributed by atoms with van der Waals surface area (Å²) in [7, 11) is 0. The molecule has 8 heteroatoms. The quantitative estimate of drug-likeness (QED) is 0.730. The van der Waals surface area contributed by atoms with Crippen LogP contribution in [0.2, 0.25) is 0 Å². The van der Waals surface area contributed by atoms with E-state index in [-0.39, 0.29) is 18.6 Å². The molecule has 4 heterocycles. The number of β-amino-alcohol motifs (C(OH)–C–C–N with tert-alkyl or cyclic N) is 1. The second-order valence-corrected chi connectivity index (χ2v) is 7.67. The molecule has 1 saturated heterocycles. The number of aromatic nitrogens is 4. The lowest BCUT2D eigenvalue weighted by Gasteiger charge is -2.35. The van der Waals surface area contributed by atoms with E-state index in [1.54, 1.807) is 11.1 Å². The van der Waals surface area contributed by atoms with Gasteiger partial charge in [0.15, 0.2) is 0 Å². The zero-order valence-electron chi connectivity index (χ0n) is 16.1. The minimum atomic E-state index is -0.763. The second kappa shape index (κ2) is 7.44. The number of pyridine rings is 1. The molecule has 8 nitrogen and oxygen atoms in total. The van der Waals surface area contributed by atoms with Crippen molar-refractivity contribution in [3.63, 3.8) is 0 Å². The number of nitrogens with zero attached hydrogens (tertiary/aromatic N) is 5. The first-order valence-corrected chi connectivity index (χ1v) is 10.1. The maximum absolute atomic E-state index is 12.9. The number of rotatable bonds is 3. The summed E-state index contributed by atoms with van der Waals surface area (Å²) in [6.07, 6.45) is 4.16. The highest BCUT2D eigenvalue weighted by molar-refractivity contribution is 5.91. The molecule has 0 unspecified atom stereocenters. The first-order chi connectivity index (χ1) is 14.2. The summed E-state index contributed by atoms with van der Waals surface area (Å²) in [5.41, 5.74) is 0.900. The van der Waals surface area contributed by atoms with E-state index in [1.807, 2.05) is 34.9 Å². The Labute approximate surface area is 168 Å². The fourth-order valence-electron chi connectivity index (χ4n) is 4.14. The average molecular weight is 393 g/mol. The molecule has 0 aliphatic carbocycles. The lowest BCUT2D eigenvalue weighted by atomic mass is 10.0. The SMILES string of the molecule is O=C(c1nnc2n1CCCC2)N1CC[C@@H](Oc2ccc3ncccc3c2)[C@H](O)C1. The Morgan fingerprint density at radius 3 is 3.00 bits per heavy atom. The van der Waals surface area contributed by atoms with Gasteiger partial charge in [0.25, 0.3) is 5.91 Å². The van der Waals surface area contributed by atoms with E-state index in [0.717, 1.165) is 42.5 Å². The zero-order chi connectivity index (χ0) is 19.8.